The second kappa shape index (κ2) is 8.14. The Morgan fingerprint density at radius 2 is 1.74 bits per heavy atom. The first kappa shape index (κ1) is 19.4. The summed E-state index contributed by atoms with van der Waals surface area (Å²) in [5, 5.41) is 2.44. The van der Waals surface area contributed by atoms with Gasteiger partial charge in [0, 0.05) is 25.6 Å². The Hall–Kier alpha value is -2.32. The van der Waals surface area contributed by atoms with Crippen LogP contribution in [0.25, 0.3) is 0 Å². The topological polar surface area (TPSA) is 66.5 Å². The van der Waals surface area contributed by atoms with Crippen molar-refractivity contribution < 1.29 is 22.0 Å². The van der Waals surface area contributed by atoms with Crippen LogP contribution in [-0.2, 0) is 14.8 Å². The summed E-state index contributed by atoms with van der Waals surface area (Å²) in [4.78, 5) is 12.4. The summed E-state index contributed by atoms with van der Waals surface area (Å²) in [6, 6.07) is 11.2. The van der Waals surface area contributed by atoms with Crippen molar-refractivity contribution in [3.8, 4) is 0 Å². The lowest BCUT2D eigenvalue weighted by atomic mass is 9.94. The molecule has 0 bridgehead atoms. The van der Waals surface area contributed by atoms with E-state index in [1.165, 1.54) is 10.4 Å². The Kier molecular flexibility index (Phi) is 5.86. The summed E-state index contributed by atoms with van der Waals surface area (Å²) in [6.07, 6.45) is 1.26. The molecule has 3 rings (SSSR count). The first-order valence-electron chi connectivity index (χ1n) is 8.66. The maximum absolute atomic E-state index is 13.6. The predicted octanol–water partition coefficient (Wildman–Crippen LogP) is 3.39. The van der Waals surface area contributed by atoms with Crippen molar-refractivity contribution >= 4 is 21.6 Å². The highest BCUT2D eigenvalue weighted by molar-refractivity contribution is 7.89. The average Bonchev–Trinajstić information content (AvgIpc) is 2.65. The number of halogens is 2. The van der Waals surface area contributed by atoms with Gasteiger partial charge < -0.3 is 5.32 Å². The molecule has 1 amide bonds. The highest BCUT2D eigenvalue weighted by Gasteiger charge is 2.30. The van der Waals surface area contributed by atoms with E-state index in [4.69, 9.17) is 0 Å². The van der Waals surface area contributed by atoms with Crippen molar-refractivity contribution in [3.63, 3.8) is 0 Å². The SMILES string of the molecule is O=C(CC1CCN(S(=O)(=O)c2ccccc2)CC1)Nc1ccc(F)cc1F. The molecular formula is C19H20F2N2O3S. The van der Waals surface area contributed by atoms with Gasteiger partial charge in [-0.05, 0) is 43.0 Å². The van der Waals surface area contributed by atoms with Crippen LogP contribution in [0.4, 0.5) is 14.5 Å². The van der Waals surface area contributed by atoms with Gasteiger partial charge in [-0.3, -0.25) is 4.79 Å². The molecule has 0 aromatic heterocycles. The zero-order valence-corrected chi connectivity index (χ0v) is 15.4. The number of anilines is 1. The van der Waals surface area contributed by atoms with E-state index in [1.54, 1.807) is 30.3 Å². The molecule has 0 unspecified atom stereocenters. The third-order valence-electron chi connectivity index (χ3n) is 4.63. The lowest BCUT2D eigenvalue weighted by molar-refractivity contribution is -0.117. The van der Waals surface area contributed by atoms with Gasteiger partial charge in [-0.25, -0.2) is 17.2 Å². The van der Waals surface area contributed by atoms with Crippen LogP contribution in [0.3, 0.4) is 0 Å². The lowest BCUT2D eigenvalue weighted by Gasteiger charge is -2.31. The van der Waals surface area contributed by atoms with E-state index in [2.05, 4.69) is 5.32 Å². The predicted molar refractivity (Wildman–Crippen MR) is 97.5 cm³/mol. The molecule has 2 aromatic carbocycles. The molecule has 8 heteroatoms. The fourth-order valence-electron chi connectivity index (χ4n) is 3.15. The molecule has 1 aliphatic heterocycles. The second-order valence-electron chi connectivity index (χ2n) is 6.54. The summed E-state index contributed by atoms with van der Waals surface area (Å²) in [7, 11) is -3.52. The number of benzene rings is 2. The number of amides is 1. The number of rotatable bonds is 5. The summed E-state index contributed by atoms with van der Waals surface area (Å²) >= 11 is 0. The standard InChI is InChI=1S/C19H20F2N2O3S/c20-15-6-7-18(17(21)13-15)22-19(24)12-14-8-10-23(11-9-14)27(25,26)16-4-2-1-3-5-16/h1-7,13-14H,8-12H2,(H,22,24). The van der Waals surface area contributed by atoms with Crippen LogP contribution >= 0.6 is 0 Å². The van der Waals surface area contributed by atoms with E-state index in [1.807, 2.05) is 0 Å². The van der Waals surface area contributed by atoms with Crippen LogP contribution in [0.15, 0.2) is 53.4 Å². The number of hydrogen-bond acceptors (Lipinski definition) is 3. The zero-order valence-electron chi connectivity index (χ0n) is 14.6. The molecule has 1 heterocycles. The number of hydrogen-bond donors (Lipinski definition) is 1. The number of carbonyl (C=O) groups excluding carboxylic acids is 1. The summed E-state index contributed by atoms with van der Waals surface area (Å²) in [5.41, 5.74) is -0.0644. The molecule has 1 saturated heterocycles. The van der Waals surface area contributed by atoms with Gasteiger partial charge in [0.05, 0.1) is 10.6 Å². The molecule has 0 radical (unpaired) electrons. The molecular weight excluding hydrogens is 374 g/mol. The van der Waals surface area contributed by atoms with E-state index in [-0.39, 0.29) is 28.8 Å². The third-order valence-corrected chi connectivity index (χ3v) is 6.55. The number of piperidine rings is 1. The largest absolute Gasteiger partial charge is 0.324 e. The van der Waals surface area contributed by atoms with Gasteiger partial charge in [0.2, 0.25) is 15.9 Å². The number of nitrogens with zero attached hydrogens (tertiary/aromatic N) is 1. The van der Waals surface area contributed by atoms with Crippen LogP contribution in [0.2, 0.25) is 0 Å². The lowest BCUT2D eigenvalue weighted by Crippen LogP contribution is -2.39. The highest BCUT2D eigenvalue weighted by Crippen LogP contribution is 2.26. The van der Waals surface area contributed by atoms with Gasteiger partial charge in [0.1, 0.15) is 11.6 Å². The van der Waals surface area contributed by atoms with Gasteiger partial charge in [0.25, 0.3) is 0 Å². The normalized spacial score (nSPS) is 16.2. The maximum Gasteiger partial charge on any atom is 0.243 e. The van der Waals surface area contributed by atoms with Crippen LogP contribution < -0.4 is 5.32 Å². The van der Waals surface area contributed by atoms with Crippen molar-refractivity contribution in [1.29, 1.82) is 0 Å². The minimum atomic E-state index is -3.52. The van der Waals surface area contributed by atoms with Crippen molar-refractivity contribution in [2.24, 2.45) is 5.92 Å². The molecule has 27 heavy (non-hydrogen) atoms. The molecule has 0 atom stereocenters. The smallest absolute Gasteiger partial charge is 0.243 e. The first-order chi connectivity index (χ1) is 12.9. The number of sulfonamides is 1. The summed E-state index contributed by atoms with van der Waals surface area (Å²) < 4.78 is 53.1. The minimum Gasteiger partial charge on any atom is -0.324 e. The minimum absolute atomic E-state index is 0.00994. The zero-order chi connectivity index (χ0) is 19.4. The average molecular weight is 394 g/mol. The Balaban J connectivity index is 1.54. The van der Waals surface area contributed by atoms with Crippen molar-refractivity contribution in [1.82, 2.24) is 4.31 Å². The molecule has 0 spiro atoms. The van der Waals surface area contributed by atoms with Crippen LogP contribution in [0.1, 0.15) is 19.3 Å². The first-order valence-corrected chi connectivity index (χ1v) is 10.1. The van der Waals surface area contributed by atoms with Crippen LogP contribution in [0, 0.1) is 17.6 Å². The van der Waals surface area contributed by atoms with Crippen molar-refractivity contribution in [2.45, 2.75) is 24.2 Å². The van der Waals surface area contributed by atoms with Crippen molar-refractivity contribution in [3.05, 3.63) is 60.2 Å². The Morgan fingerprint density at radius 3 is 2.37 bits per heavy atom. The van der Waals surface area contributed by atoms with Gasteiger partial charge >= 0.3 is 0 Å². The fourth-order valence-corrected chi connectivity index (χ4v) is 4.64. The molecule has 1 N–H and O–H groups in total. The summed E-state index contributed by atoms with van der Waals surface area (Å²) in [6.45, 7) is 0.667. The molecule has 2 aromatic rings. The quantitative estimate of drug-likeness (QED) is 0.845. The fraction of sp³-hybridized carbons (Fsp3) is 0.316. The molecule has 1 fully saturated rings. The molecule has 1 aliphatic rings. The molecule has 144 valence electrons. The van der Waals surface area contributed by atoms with Gasteiger partial charge in [-0.1, -0.05) is 18.2 Å². The number of nitrogens with one attached hydrogen (secondary N) is 1. The monoisotopic (exact) mass is 394 g/mol. The summed E-state index contributed by atoms with van der Waals surface area (Å²) in [5.74, 6) is -1.90. The van der Waals surface area contributed by atoms with Gasteiger partial charge in [-0.2, -0.15) is 4.31 Å². The maximum atomic E-state index is 13.6. The van der Waals surface area contributed by atoms with E-state index in [9.17, 15) is 22.0 Å². The molecule has 5 nitrogen and oxygen atoms in total. The van der Waals surface area contributed by atoms with E-state index < -0.39 is 21.7 Å². The van der Waals surface area contributed by atoms with Crippen LogP contribution in [0.5, 0.6) is 0 Å². The van der Waals surface area contributed by atoms with E-state index in [0.29, 0.717) is 32.0 Å². The number of carbonyl (C=O) groups is 1. The molecule has 0 aliphatic carbocycles. The second-order valence-corrected chi connectivity index (χ2v) is 8.47. The van der Waals surface area contributed by atoms with Gasteiger partial charge in [0.15, 0.2) is 0 Å². The van der Waals surface area contributed by atoms with Crippen molar-refractivity contribution in [2.75, 3.05) is 18.4 Å². The Bertz CT molecular complexity index is 912. The van der Waals surface area contributed by atoms with Gasteiger partial charge in [-0.15, -0.1) is 0 Å². The molecule has 0 saturated carbocycles. The Morgan fingerprint density at radius 1 is 1.07 bits per heavy atom. The van der Waals surface area contributed by atoms with E-state index in [0.717, 1.165) is 6.07 Å². The van der Waals surface area contributed by atoms with E-state index >= 15 is 0 Å². The van der Waals surface area contributed by atoms with Crippen LogP contribution in [-0.4, -0.2) is 31.7 Å². The third kappa shape index (κ3) is 4.70. The Labute approximate surface area is 157 Å². The highest BCUT2D eigenvalue weighted by atomic mass is 32.2.